The molecule has 0 aromatic carbocycles. The van der Waals surface area contributed by atoms with Gasteiger partial charge >= 0.3 is 0 Å². The van der Waals surface area contributed by atoms with Gasteiger partial charge in [0.1, 0.15) is 0 Å². The number of likely N-dealkylation sites (tertiary alicyclic amines) is 1. The normalized spacial score (nSPS) is 24.6. The summed E-state index contributed by atoms with van der Waals surface area (Å²) in [4.78, 5) is 13.1. The van der Waals surface area contributed by atoms with E-state index >= 15 is 0 Å². The second-order valence-corrected chi connectivity index (χ2v) is 7.77. The van der Waals surface area contributed by atoms with E-state index in [0.717, 1.165) is 32.0 Å². The van der Waals surface area contributed by atoms with Crippen LogP contribution in [0.3, 0.4) is 0 Å². The summed E-state index contributed by atoms with van der Waals surface area (Å²) in [6.07, 6.45) is 6.51. The number of hydrogen-bond acceptors (Lipinski definition) is 4. The summed E-state index contributed by atoms with van der Waals surface area (Å²) in [5.41, 5.74) is 0. The predicted octanol–water partition coefficient (Wildman–Crippen LogP) is 2.85. The maximum atomic E-state index is 13.9. The van der Waals surface area contributed by atoms with Crippen molar-refractivity contribution in [3.8, 4) is 0 Å². The molecule has 8 heteroatoms. The van der Waals surface area contributed by atoms with E-state index in [1.54, 1.807) is 19.3 Å². The Bertz CT molecular complexity index is 643. The highest BCUT2D eigenvalue weighted by molar-refractivity contribution is 14.0. The number of aliphatic imine (C=N–C) groups is 1. The lowest BCUT2D eigenvalue weighted by molar-refractivity contribution is 0.115. The van der Waals surface area contributed by atoms with Crippen LogP contribution in [0, 0.1) is 5.82 Å². The largest absolute Gasteiger partial charge is 0.355 e. The van der Waals surface area contributed by atoms with Crippen LogP contribution in [0.15, 0.2) is 23.3 Å². The van der Waals surface area contributed by atoms with E-state index in [0.29, 0.717) is 17.9 Å². The summed E-state index contributed by atoms with van der Waals surface area (Å²) >= 11 is 0. The Kier molecular flexibility index (Phi) is 9.20. The van der Waals surface area contributed by atoms with Crippen LogP contribution in [0.2, 0.25) is 0 Å². The number of halogens is 2. The summed E-state index contributed by atoms with van der Waals surface area (Å²) in [6.45, 7) is 8.19. The zero-order valence-electron chi connectivity index (χ0n) is 17.2. The number of hydrogen-bond donors (Lipinski definition) is 2. The molecule has 0 amide bonds. The van der Waals surface area contributed by atoms with Gasteiger partial charge in [-0.05, 0) is 51.8 Å². The maximum Gasteiger partial charge on any atom is 0.191 e. The van der Waals surface area contributed by atoms with Crippen molar-refractivity contribution in [1.29, 1.82) is 0 Å². The molecule has 2 fully saturated rings. The number of guanidine groups is 1. The average molecular weight is 504 g/mol. The molecule has 158 valence electrons. The van der Waals surface area contributed by atoms with Gasteiger partial charge in [0, 0.05) is 51.0 Å². The van der Waals surface area contributed by atoms with Gasteiger partial charge in [-0.1, -0.05) is 6.42 Å². The van der Waals surface area contributed by atoms with Crippen molar-refractivity contribution in [2.45, 2.75) is 57.7 Å². The Morgan fingerprint density at radius 2 is 2.18 bits per heavy atom. The van der Waals surface area contributed by atoms with Crippen molar-refractivity contribution in [3.05, 3.63) is 24.1 Å². The van der Waals surface area contributed by atoms with Gasteiger partial charge in [0.05, 0.1) is 0 Å². The maximum absolute atomic E-state index is 13.9. The molecule has 6 nitrogen and oxygen atoms in total. The molecule has 1 aromatic heterocycles. The Balaban J connectivity index is 0.00000280. The molecular formula is C20H34FIN6. The Labute approximate surface area is 185 Å². The lowest BCUT2D eigenvalue weighted by Gasteiger charge is -2.38. The first-order valence-corrected chi connectivity index (χ1v) is 10.2. The van der Waals surface area contributed by atoms with E-state index < -0.39 is 0 Å². The van der Waals surface area contributed by atoms with Crippen LogP contribution >= 0.6 is 24.0 Å². The van der Waals surface area contributed by atoms with Crippen molar-refractivity contribution in [1.82, 2.24) is 20.5 Å². The van der Waals surface area contributed by atoms with Gasteiger partial charge < -0.3 is 15.5 Å². The highest BCUT2D eigenvalue weighted by atomic mass is 127. The number of aromatic nitrogens is 1. The molecule has 1 aromatic rings. The van der Waals surface area contributed by atoms with Gasteiger partial charge in [0.25, 0.3) is 0 Å². The molecule has 3 rings (SSSR count). The SMILES string of the molecule is CN=C(NCC(C)N1CCCCC1C)NC1CCN(c2ncccc2F)C1.I. The summed E-state index contributed by atoms with van der Waals surface area (Å²) < 4.78 is 13.9. The quantitative estimate of drug-likeness (QED) is 0.367. The number of rotatable bonds is 5. The molecule has 0 aliphatic carbocycles. The highest BCUT2D eigenvalue weighted by Gasteiger charge is 2.27. The lowest BCUT2D eigenvalue weighted by atomic mass is 10.0. The first kappa shape index (κ1) is 23.1. The molecule has 28 heavy (non-hydrogen) atoms. The third-order valence-corrected chi connectivity index (χ3v) is 5.78. The number of piperidine rings is 1. The van der Waals surface area contributed by atoms with Crippen LogP contribution in [0.4, 0.5) is 10.2 Å². The van der Waals surface area contributed by atoms with E-state index in [1.807, 2.05) is 4.90 Å². The molecule has 3 heterocycles. The van der Waals surface area contributed by atoms with Crippen LogP contribution in [0.1, 0.15) is 39.5 Å². The van der Waals surface area contributed by atoms with Gasteiger partial charge in [-0.25, -0.2) is 9.37 Å². The van der Waals surface area contributed by atoms with E-state index in [2.05, 4.69) is 39.4 Å². The van der Waals surface area contributed by atoms with Crippen molar-refractivity contribution in [2.24, 2.45) is 4.99 Å². The van der Waals surface area contributed by atoms with Crippen molar-refractivity contribution >= 4 is 35.8 Å². The summed E-state index contributed by atoms with van der Waals surface area (Å²) in [7, 11) is 1.80. The van der Waals surface area contributed by atoms with Gasteiger partial charge in [0.15, 0.2) is 17.6 Å². The fourth-order valence-electron chi connectivity index (χ4n) is 4.21. The number of anilines is 1. The summed E-state index contributed by atoms with van der Waals surface area (Å²) in [6, 6.07) is 4.46. The molecule has 0 bridgehead atoms. The minimum Gasteiger partial charge on any atom is -0.355 e. The van der Waals surface area contributed by atoms with Crippen LogP contribution in [-0.2, 0) is 0 Å². The Morgan fingerprint density at radius 1 is 1.36 bits per heavy atom. The average Bonchev–Trinajstić information content (AvgIpc) is 3.14. The standard InChI is InChI=1S/C20H33FN6.HI/c1-15-7-4-5-11-27(15)16(2)13-24-20(22-3)25-17-9-12-26(14-17)19-18(21)8-6-10-23-19;/h6,8,10,15-17H,4-5,7,9,11-14H2,1-3H3,(H2,22,24,25);1H. The van der Waals surface area contributed by atoms with Crippen molar-refractivity contribution in [2.75, 3.05) is 38.1 Å². The lowest BCUT2D eigenvalue weighted by Crippen LogP contribution is -2.51. The van der Waals surface area contributed by atoms with E-state index in [1.165, 1.54) is 31.9 Å². The number of pyridine rings is 1. The van der Waals surface area contributed by atoms with Gasteiger partial charge in [-0.3, -0.25) is 9.89 Å². The molecule has 2 aliphatic rings. The molecular weight excluding hydrogens is 470 g/mol. The minimum atomic E-state index is -0.259. The summed E-state index contributed by atoms with van der Waals surface area (Å²) in [5, 5.41) is 6.95. The molecule has 0 spiro atoms. The molecule has 3 unspecified atom stereocenters. The van der Waals surface area contributed by atoms with Gasteiger partial charge in [0.2, 0.25) is 0 Å². The first-order valence-electron chi connectivity index (χ1n) is 10.2. The Morgan fingerprint density at radius 3 is 2.89 bits per heavy atom. The third-order valence-electron chi connectivity index (χ3n) is 5.78. The third kappa shape index (κ3) is 5.92. The minimum absolute atomic E-state index is 0. The second-order valence-electron chi connectivity index (χ2n) is 7.77. The smallest absolute Gasteiger partial charge is 0.191 e. The highest BCUT2D eigenvalue weighted by Crippen LogP contribution is 2.21. The zero-order chi connectivity index (χ0) is 19.2. The Hall–Kier alpha value is -1.16. The number of nitrogens with one attached hydrogen (secondary N) is 2. The van der Waals surface area contributed by atoms with Crippen LogP contribution < -0.4 is 15.5 Å². The van der Waals surface area contributed by atoms with Gasteiger partial charge in [-0.15, -0.1) is 24.0 Å². The fraction of sp³-hybridized carbons (Fsp3) is 0.700. The van der Waals surface area contributed by atoms with E-state index in [4.69, 9.17) is 0 Å². The van der Waals surface area contributed by atoms with Crippen LogP contribution in [0.25, 0.3) is 0 Å². The van der Waals surface area contributed by atoms with Crippen LogP contribution in [-0.4, -0.2) is 67.2 Å². The topological polar surface area (TPSA) is 55.8 Å². The zero-order valence-corrected chi connectivity index (χ0v) is 19.5. The predicted molar refractivity (Wildman–Crippen MR) is 124 cm³/mol. The molecule has 2 N–H and O–H groups in total. The monoisotopic (exact) mass is 504 g/mol. The van der Waals surface area contributed by atoms with Crippen molar-refractivity contribution in [3.63, 3.8) is 0 Å². The fourth-order valence-corrected chi connectivity index (χ4v) is 4.21. The van der Waals surface area contributed by atoms with E-state index in [9.17, 15) is 4.39 Å². The molecule has 0 radical (unpaired) electrons. The van der Waals surface area contributed by atoms with Gasteiger partial charge in [-0.2, -0.15) is 0 Å². The molecule has 3 atom stereocenters. The molecule has 0 saturated carbocycles. The second kappa shape index (κ2) is 11.1. The summed E-state index contributed by atoms with van der Waals surface area (Å²) in [5.74, 6) is 1.00. The molecule has 2 aliphatic heterocycles. The van der Waals surface area contributed by atoms with Crippen LogP contribution in [0.5, 0.6) is 0 Å². The van der Waals surface area contributed by atoms with Crippen molar-refractivity contribution < 1.29 is 4.39 Å². The van der Waals surface area contributed by atoms with E-state index in [-0.39, 0.29) is 35.8 Å². The molecule has 2 saturated heterocycles. The number of nitrogens with zero attached hydrogens (tertiary/aromatic N) is 4. The first-order chi connectivity index (χ1) is 13.1.